The van der Waals surface area contributed by atoms with Crippen LogP contribution in [-0.2, 0) is 4.84 Å². The Labute approximate surface area is 130 Å². The standard InChI is InChI=1S/C18H20FNO2/c1-3-13-21-17-11-9-16(10-12-17)20-22-18(4-2)14-5-7-15(19)8-6-14/h3,5-12,18,20H,1,4,13H2,2H3. The van der Waals surface area contributed by atoms with Crippen LogP contribution in [0.4, 0.5) is 10.1 Å². The molecule has 3 nitrogen and oxygen atoms in total. The summed E-state index contributed by atoms with van der Waals surface area (Å²) >= 11 is 0. The summed E-state index contributed by atoms with van der Waals surface area (Å²) in [6.07, 6.45) is 2.33. The van der Waals surface area contributed by atoms with Crippen LogP contribution in [0.3, 0.4) is 0 Å². The number of hydrogen-bond acceptors (Lipinski definition) is 3. The summed E-state index contributed by atoms with van der Waals surface area (Å²) in [7, 11) is 0. The fourth-order valence-electron chi connectivity index (χ4n) is 1.98. The monoisotopic (exact) mass is 301 g/mol. The largest absolute Gasteiger partial charge is 0.490 e. The van der Waals surface area contributed by atoms with Crippen LogP contribution in [0.2, 0.25) is 0 Å². The van der Waals surface area contributed by atoms with Gasteiger partial charge in [0.15, 0.2) is 0 Å². The second-order valence-electron chi connectivity index (χ2n) is 4.79. The van der Waals surface area contributed by atoms with Crippen LogP contribution < -0.4 is 10.2 Å². The quantitative estimate of drug-likeness (QED) is 0.556. The van der Waals surface area contributed by atoms with Gasteiger partial charge < -0.3 is 4.74 Å². The first-order chi connectivity index (χ1) is 10.7. The molecule has 0 heterocycles. The van der Waals surface area contributed by atoms with Gasteiger partial charge in [-0.1, -0.05) is 31.7 Å². The number of nitrogens with one attached hydrogen (secondary N) is 1. The van der Waals surface area contributed by atoms with E-state index in [4.69, 9.17) is 9.57 Å². The van der Waals surface area contributed by atoms with Gasteiger partial charge in [-0.25, -0.2) is 4.39 Å². The van der Waals surface area contributed by atoms with Crippen LogP contribution in [0.1, 0.15) is 25.0 Å². The van der Waals surface area contributed by atoms with E-state index in [1.54, 1.807) is 18.2 Å². The molecule has 0 amide bonds. The highest BCUT2D eigenvalue weighted by molar-refractivity contribution is 5.44. The van der Waals surface area contributed by atoms with E-state index in [2.05, 4.69) is 12.1 Å². The fourth-order valence-corrected chi connectivity index (χ4v) is 1.98. The Hall–Kier alpha value is -2.33. The molecule has 0 saturated heterocycles. The number of rotatable bonds is 8. The zero-order valence-corrected chi connectivity index (χ0v) is 12.6. The molecular weight excluding hydrogens is 281 g/mol. The third-order valence-corrected chi connectivity index (χ3v) is 3.15. The molecule has 0 saturated carbocycles. The molecule has 0 aromatic heterocycles. The summed E-state index contributed by atoms with van der Waals surface area (Å²) in [5.74, 6) is 0.526. The Bertz CT molecular complexity index is 581. The first-order valence-electron chi connectivity index (χ1n) is 7.23. The molecule has 0 fully saturated rings. The molecular formula is C18H20FNO2. The molecule has 1 N–H and O–H groups in total. The average Bonchev–Trinajstić information content (AvgIpc) is 2.56. The van der Waals surface area contributed by atoms with E-state index in [1.807, 2.05) is 31.2 Å². The van der Waals surface area contributed by atoms with Crippen molar-refractivity contribution >= 4 is 5.69 Å². The summed E-state index contributed by atoms with van der Waals surface area (Å²) in [6, 6.07) is 13.8. The van der Waals surface area contributed by atoms with Gasteiger partial charge in [-0.2, -0.15) is 0 Å². The predicted molar refractivity (Wildman–Crippen MR) is 86.3 cm³/mol. The van der Waals surface area contributed by atoms with Crippen molar-refractivity contribution in [3.63, 3.8) is 0 Å². The Morgan fingerprint density at radius 1 is 1.14 bits per heavy atom. The molecule has 116 valence electrons. The highest BCUT2D eigenvalue weighted by Gasteiger charge is 2.10. The molecule has 4 heteroatoms. The second-order valence-corrected chi connectivity index (χ2v) is 4.79. The average molecular weight is 301 g/mol. The van der Waals surface area contributed by atoms with Crippen molar-refractivity contribution in [3.05, 3.63) is 72.6 Å². The summed E-state index contributed by atoms with van der Waals surface area (Å²) in [5.41, 5.74) is 4.68. The number of anilines is 1. The highest BCUT2D eigenvalue weighted by atomic mass is 19.1. The van der Waals surface area contributed by atoms with Gasteiger partial charge >= 0.3 is 0 Å². The van der Waals surface area contributed by atoms with E-state index in [1.165, 1.54) is 12.1 Å². The lowest BCUT2D eigenvalue weighted by Gasteiger charge is -2.17. The number of hydrogen-bond donors (Lipinski definition) is 1. The highest BCUT2D eigenvalue weighted by Crippen LogP contribution is 2.23. The van der Waals surface area contributed by atoms with E-state index in [0.717, 1.165) is 23.4 Å². The summed E-state index contributed by atoms with van der Waals surface area (Å²) in [4.78, 5) is 5.69. The Balaban J connectivity index is 1.92. The van der Waals surface area contributed by atoms with Gasteiger partial charge in [-0.3, -0.25) is 10.3 Å². The van der Waals surface area contributed by atoms with Gasteiger partial charge in [0.25, 0.3) is 0 Å². The van der Waals surface area contributed by atoms with Crippen LogP contribution in [0.15, 0.2) is 61.2 Å². The topological polar surface area (TPSA) is 30.5 Å². The van der Waals surface area contributed by atoms with Gasteiger partial charge in [0, 0.05) is 0 Å². The fraction of sp³-hybridized carbons (Fsp3) is 0.222. The van der Waals surface area contributed by atoms with Crippen molar-refractivity contribution in [3.8, 4) is 5.75 Å². The molecule has 2 rings (SSSR count). The Morgan fingerprint density at radius 3 is 2.41 bits per heavy atom. The van der Waals surface area contributed by atoms with Crippen molar-refractivity contribution in [2.24, 2.45) is 0 Å². The van der Waals surface area contributed by atoms with Crippen molar-refractivity contribution in [2.75, 3.05) is 12.1 Å². The van der Waals surface area contributed by atoms with Crippen LogP contribution in [0.5, 0.6) is 5.75 Å². The zero-order chi connectivity index (χ0) is 15.8. The minimum atomic E-state index is -0.248. The summed E-state index contributed by atoms with van der Waals surface area (Å²) < 4.78 is 18.4. The first kappa shape index (κ1) is 16.0. The molecule has 0 bridgehead atoms. The lowest BCUT2D eigenvalue weighted by molar-refractivity contribution is 0.0969. The molecule has 1 unspecified atom stereocenters. The summed E-state index contributed by atoms with van der Waals surface area (Å²) in [6.45, 7) is 6.10. The van der Waals surface area contributed by atoms with Crippen LogP contribution in [-0.4, -0.2) is 6.61 Å². The van der Waals surface area contributed by atoms with Gasteiger partial charge in [0.05, 0.1) is 5.69 Å². The van der Waals surface area contributed by atoms with Crippen LogP contribution >= 0.6 is 0 Å². The number of ether oxygens (including phenoxy) is 1. The van der Waals surface area contributed by atoms with Crippen molar-refractivity contribution < 1.29 is 14.0 Å². The lowest BCUT2D eigenvalue weighted by atomic mass is 10.1. The minimum absolute atomic E-state index is 0.141. The molecule has 0 aliphatic carbocycles. The first-order valence-corrected chi connectivity index (χ1v) is 7.23. The second kappa shape index (κ2) is 8.20. The van der Waals surface area contributed by atoms with Crippen molar-refractivity contribution in [2.45, 2.75) is 19.4 Å². The van der Waals surface area contributed by atoms with Gasteiger partial charge in [-0.15, -0.1) is 0 Å². The third-order valence-electron chi connectivity index (χ3n) is 3.15. The molecule has 0 aliphatic rings. The molecule has 2 aromatic carbocycles. The van der Waals surface area contributed by atoms with Gasteiger partial charge in [0.1, 0.15) is 24.3 Å². The van der Waals surface area contributed by atoms with Gasteiger partial charge in [0.2, 0.25) is 0 Å². The van der Waals surface area contributed by atoms with E-state index in [-0.39, 0.29) is 11.9 Å². The van der Waals surface area contributed by atoms with Crippen molar-refractivity contribution in [1.82, 2.24) is 0 Å². The van der Waals surface area contributed by atoms with Crippen LogP contribution in [0, 0.1) is 5.82 Å². The minimum Gasteiger partial charge on any atom is -0.490 e. The molecule has 1 atom stereocenters. The molecule has 0 aliphatic heterocycles. The maximum absolute atomic E-state index is 13.0. The SMILES string of the molecule is C=CCOc1ccc(NOC(CC)c2ccc(F)cc2)cc1. The Morgan fingerprint density at radius 2 is 1.82 bits per heavy atom. The van der Waals surface area contributed by atoms with Gasteiger partial charge in [-0.05, 0) is 48.4 Å². The summed E-state index contributed by atoms with van der Waals surface area (Å²) in [5, 5.41) is 0. The van der Waals surface area contributed by atoms with Crippen molar-refractivity contribution in [1.29, 1.82) is 0 Å². The zero-order valence-electron chi connectivity index (χ0n) is 12.6. The maximum Gasteiger partial charge on any atom is 0.123 e. The molecule has 2 aromatic rings. The number of halogens is 1. The van der Waals surface area contributed by atoms with E-state index >= 15 is 0 Å². The molecule has 0 spiro atoms. The predicted octanol–water partition coefficient (Wildman–Crippen LogP) is 4.89. The molecule has 0 radical (unpaired) electrons. The third kappa shape index (κ3) is 4.60. The van der Waals surface area contributed by atoms with Crippen LogP contribution in [0.25, 0.3) is 0 Å². The Kier molecular flexibility index (Phi) is 5.98. The van der Waals surface area contributed by atoms with E-state index in [9.17, 15) is 4.39 Å². The maximum atomic E-state index is 13.0. The van der Waals surface area contributed by atoms with E-state index in [0.29, 0.717) is 6.61 Å². The van der Waals surface area contributed by atoms with E-state index < -0.39 is 0 Å². The lowest BCUT2D eigenvalue weighted by Crippen LogP contribution is -2.09. The number of benzene rings is 2. The smallest absolute Gasteiger partial charge is 0.123 e. The molecule has 22 heavy (non-hydrogen) atoms. The normalized spacial score (nSPS) is 11.7.